The van der Waals surface area contributed by atoms with Gasteiger partial charge >= 0.3 is 0 Å². The minimum Gasteiger partial charge on any atom is -0.354 e. The fourth-order valence-corrected chi connectivity index (χ4v) is 4.19. The van der Waals surface area contributed by atoms with Crippen molar-refractivity contribution in [3.05, 3.63) is 53.5 Å². The molecule has 4 heterocycles. The molecule has 3 aromatic heterocycles. The zero-order valence-corrected chi connectivity index (χ0v) is 17.6. The number of aryl methyl sites for hydroxylation is 2. The van der Waals surface area contributed by atoms with Crippen molar-refractivity contribution in [2.45, 2.75) is 19.3 Å². The fourth-order valence-electron chi connectivity index (χ4n) is 4.19. The van der Waals surface area contributed by atoms with E-state index in [2.05, 4.69) is 25.6 Å². The number of anilines is 2. The molecule has 4 aromatic rings. The van der Waals surface area contributed by atoms with Gasteiger partial charge in [-0.3, -0.25) is 14.6 Å². The van der Waals surface area contributed by atoms with E-state index >= 15 is 0 Å². The maximum atomic E-state index is 14.0. The highest BCUT2D eigenvalue weighted by atomic mass is 19.3. The molecule has 0 unspecified atom stereocenters. The molecule has 10 heteroatoms. The predicted molar refractivity (Wildman–Crippen MR) is 116 cm³/mol. The number of benzene rings is 1. The summed E-state index contributed by atoms with van der Waals surface area (Å²) in [5.74, 6) is 0.236. The van der Waals surface area contributed by atoms with E-state index in [1.807, 2.05) is 11.0 Å². The molecular formula is C22H21F2N7O. The van der Waals surface area contributed by atoms with Gasteiger partial charge in [-0.25, -0.2) is 13.8 Å². The van der Waals surface area contributed by atoms with E-state index < -0.39 is 6.43 Å². The van der Waals surface area contributed by atoms with E-state index in [0.29, 0.717) is 40.2 Å². The molecule has 0 spiro atoms. The maximum Gasteiger partial charge on any atom is 0.273 e. The van der Waals surface area contributed by atoms with Gasteiger partial charge in [0.1, 0.15) is 11.3 Å². The summed E-state index contributed by atoms with van der Waals surface area (Å²) in [7, 11) is 3.29. The molecule has 1 aliphatic heterocycles. The summed E-state index contributed by atoms with van der Waals surface area (Å²) in [6, 6.07) is 7.00. The van der Waals surface area contributed by atoms with Crippen LogP contribution in [0.1, 0.15) is 34.5 Å². The van der Waals surface area contributed by atoms with E-state index in [-0.39, 0.29) is 17.2 Å². The van der Waals surface area contributed by atoms with Gasteiger partial charge in [-0.15, -0.1) is 0 Å². The minimum atomic E-state index is -2.64. The van der Waals surface area contributed by atoms with Gasteiger partial charge in [-0.05, 0) is 48.2 Å². The average Bonchev–Trinajstić information content (AvgIpc) is 3.43. The zero-order chi connectivity index (χ0) is 22.4. The Bertz CT molecular complexity index is 1330. The second kappa shape index (κ2) is 7.70. The van der Waals surface area contributed by atoms with Crippen LogP contribution in [0.4, 0.5) is 20.3 Å². The third-order valence-electron chi connectivity index (χ3n) is 5.73. The molecule has 1 amide bonds. The zero-order valence-electron chi connectivity index (χ0n) is 17.6. The van der Waals surface area contributed by atoms with E-state index in [1.54, 1.807) is 42.3 Å². The van der Waals surface area contributed by atoms with E-state index in [0.717, 1.165) is 18.4 Å². The van der Waals surface area contributed by atoms with Gasteiger partial charge in [0.15, 0.2) is 5.69 Å². The topological polar surface area (TPSA) is 91.7 Å². The van der Waals surface area contributed by atoms with E-state index in [4.69, 9.17) is 0 Å². The van der Waals surface area contributed by atoms with Gasteiger partial charge in [0.25, 0.3) is 12.3 Å². The smallest absolute Gasteiger partial charge is 0.273 e. The van der Waals surface area contributed by atoms with Crippen LogP contribution in [-0.4, -0.2) is 44.5 Å². The standard InChI is InChI=1S/C22H21F2N7O/c1-25-22(32)20-19-16(28-29-20)5-6-18(27-19)31-7-3-4-12-8-14(13-10-26-30(2)11-13)15(21(23)24)9-17(12)31/h5-6,8-11,21H,3-4,7H2,1-2H3,(H,25,32)(H,28,29). The summed E-state index contributed by atoms with van der Waals surface area (Å²) >= 11 is 0. The first kappa shape index (κ1) is 20.1. The van der Waals surface area contributed by atoms with Crippen LogP contribution in [0.25, 0.3) is 22.2 Å². The molecule has 2 N–H and O–H groups in total. The van der Waals surface area contributed by atoms with Crippen molar-refractivity contribution in [3.63, 3.8) is 0 Å². The second-order valence-electron chi connectivity index (χ2n) is 7.74. The normalized spacial score (nSPS) is 13.6. The summed E-state index contributed by atoms with van der Waals surface area (Å²) in [4.78, 5) is 18.7. The Labute approximate surface area is 182 Å². The van der Waals surface area contributed by atoms with Crippen molar-refractivity contribution >= 4 is 28.4 Å². The molecule has 0 radical (unpaired) electrons. The van der Waals surface area contributed by atoms with Crippen molar-refractivity contribution in [1.82, 2.24) is 30.3 Å². The van der Waals surface area contributed by atoms with Crippen molar-refractivity contribution in [1.29, 1.82) is 0 Å². The molecule has 5 rings (SSSR count). The summed E-state index contributed by atoms with van der Waals surface area (Å²) in [6.45, 7) is 0.633. The van der Waals surface area contributed by atoms with Crippen LogP contribution in [0.15, 0.2) is 36.7 Å². The highest BCUT2D eigenvalue weighted by Crippen LogP contribution is 2.41. The number of nitrogens with zero attached hydrogens (tertiary/aromatic N) is 5. The fraction of sp³-hybridized carbons (Fsp3) is 0.273. The largest absolute Gasteiger partial charge is 0.354 e. The van der Waals surface area contributed by atoms with E-state index in [1.165, 1.54) is 7.05 Å². The number of pyridine rings is 1. The molecular weight excluding hydrogens is 416 g/mol. The van der Waals surface area contributed by atoms with Crippen LogP contribution < -0.4 is 10.2 Å². The lowest BCUT2D eigenvalue weighted by Crippen LogP contribution is -2.26. The number of carbonyl (C=O) groups excluding carboxylic acids is 1. The van der Waals surface area contributed by atoms with Gasteiger partial charge in [0.2, 0.25) is 0 Å². The van der Waals surface area contributed by atoms with Gasteiger partial charge in [0.05, 0.1) is 11.7 Å². The number of amides is 1. The molecule has 0 aliphatic carbocycles. The van der Waals surface area contributed by atoms with Crippen molar-refractivity contribution < 1.29 is 13.6 Å². The lowest BCUT2D eigenvalue weighted by atomic mass is 9.93. The Morgan fingerprint density at radius 2 is 2.12 bits per heavy atom. The number of hydrogen-bond acceptors (Lipinski definition) is 5. The van der Waals surface area contributed by atoms with Crippen molar-refractivity contribution in [2.75, 3.05) is 18.5 Å². The summed E-state index contributed by atoms with van der Waals surface area (Å²) in [6.07, 6.45) is 2.33. The van der Waals surface area contributed by atoms with Crippen LogP contribution in [-0.2, 0) is 13.5 Å². The Morgan fingerprint density at radius 3 is 2.84 bits per heavy atom. The van der Waals surface area contributed by atoms with Crippen LogP contribution in [0.2, 0.25) is 0 Å². The summed E-state index contributed by atoms with van der Waals surface area (Å²) < 4.78 is 29.7. The lowest BCUT2D eigenvalue weighted by molar-refractivity contribution is 0.0959. The molecule has 0 bridgehead atoms. The second-order valence-corrected chi connectivity index (χ2v) is 7.74. The number of aromatic nitrogens is 5. The van der Waals surface area contributed by atoms with Gasteiger partial charge < -0.3 is 10.2 Å². The number of H-pyrrole nitrogens is 1. The predicted octanol–water partition coefficient (Wildman–Crippen LogP) is 3.74. The third-order valence-corrected chi connectivity index (χ3v) is 5.73. The van der Waals surface area contributed by atoms with Gasteiger partial charge in [-0.1, -0.05) is 0 Å². The van der Waals surface area contributed by atoms with Crippen molar-refractivity contribution in [2.24, 2.45) is 7.05 Å². The number of fused-ring (bicyclic) bond motifs is 2. The minimum absolute atomic E-state index is 0.0425. The van der Waals surface area contributed by atoms with Crippen LogP contribution in [0.5, 0.6) is 0 Å². The number of rotatable bonds is 4. The van der Waals surface area contributed by atoms with Crippen LogP contribution >= 0.6 is 0 Å². The first-order valence-corrected chi connectivity index (χ1v) is 10.2. The number of hydrogen-bond donors (Lipinski definition) is 2. The average molecular weight is 437 g/mol. The first-order valence-electron chi connectivity index (χ1n) is 10.2. The monoisotopic (exact) mass is 437 g/mol. The number of alkyl halides is 2. The number of carbonyl (C=O) groups is 1. The molecule has 0 atom stereocenters. The number of nitrogens with one attached hydrogen (secondary N) is 2. The Hall–Kier alpha value is -3.82. The highest BCUT2D eigenvalue weighted by Gasteiger charge is 2.26. The van der Waals surface area contributed by atoms with Gasteiger partial charge in [0, 0.05) is 43.7 Å². The molecule has 32 heavy (non-hydrogen) atoms. The van der Waals surface area contributed by atoms with E-state index in [9.17, 15) is 13.6 Å². The quantitative estimate of drug-likeness (QED) is 0.508. The number of aromatic amines is 1. The molecule has 8 nitrogen and oxygen atoms in total. The molecule has 0 fully saturated rings. The highest BCUT2D eigenvalue weighted by molar-refractivity contribution is 6.03. The molecule has 0 saturated carbocycles. The Kier molecular flexibility index (Phi) is 4.84. The van der Waals surface area contributed by atoms with Gasteiger partial charge in [-0.2, -0.15) is 10.2 Å². The molecule has 164 valence electrons. The lowest BCUT2D eigenvalue weighted by Gasteiger charge is -2.31. The Morgan fingerprint density at radius 1 is 1.28 bits per heavy atom. The number of halogens is 2. The summed E-state index contributed by atoms with van der Waals surface area (Å²) in [5.41, 5.74) is 4.06. The molecule has 0 saturated heterocycles. The van der Waals surface area contributed by atoms with Crippen LogP contribution in [0.3, 0.4) is 0 Å². The molecule has 1 aromatic carbocycles. The van der Waals surface area contributed by atoms with Crippen molar-refractivity contribution in [3.8, 4) is 11.1 Å². The maximum absolute atomic E-state index is 14.0. The summed E-state index contributed by atoms with van der Waals surface area (Å²) in [5, 5.41) is 13.5. The first-order chi connectivity index (χ1) is 15.5. The third kappa shape index (κ3) is 3.28. The Balaban J connectivity index is 1.63. The van der Waals surface area contributed by atoms with Crippen LogP contribution in [0, 0.1) is 0 Å². The SMILES string of the molecule is CNC(=O)c1n[nH]c2ccc(N3CCCc4cc(-c5cnn(C)c5)c(C(F)F)cc43)nc12. The molecule has 1 aliphatic rings.